The summed E-state index contributed by atoms with van der Waals surface area (Å²) in [6, 6.07) is 27.1. The van der Waals surface area contributed by atoms with Gasteiger partial charge in [0.1, 0.15) is 11.3 Å². The van der Waals surface area contributed by atoms with E-state index in [4.69, 9.17) is 25.7 Å². The molecule has 0 aliphatic heterocycles. The third-order valence-corrected chi connectivity index (χ3v) is 7.50. The van der Waals surface area contributed by atoms with Gasteiger partial charge < -0.3 is 14.5 Å². The molecule has 1 amide bonds. The average molecular weight is 689 g/mol. The minimum atomic E-state index is -0.334. The molecule has 0 unspecified atom stereocenters. The Balaban J connectivity index is 1.26. The maximum absolute atomic E-state index is 13.5. The highest BCUT2D eigenvalue weighted by atomic mass is 127. The van der Waals surface area contributed by atoms with Gasteiger partial charge in [0.25, 0.3) is 11.5 Å². The standard InChI is InChI=1S/C32H22ClIN4O4/c1-19-6-10-23(11-7-19)36-30(39)18-41-28-12-8-20(14-25(28)34)17-35-38-31(37-26-5-3-2-4-24(26)32(38)40)29-16-21-15-22(33)9-13-27(21)42-29/h2-17H,18H2,1H3,(H,36,39). The molecule has 6 rings (SSSR count). The zero-order chi connectivity index (χ0) is 29.2. The smallest absolute Gasteiger partial charge is 0.282 e. The highest BCUT2D eigenvalue weighted by molar-refractivity contribution is 14.1. The highest BCUT2D eigenvalue weighted by Crippen LogP contribution is 2.29. The molecule has 208 valence electrons. The van der Waals surface area contributed by atoms with Crippen LogP contribution in [0.25, 0.3) is 33.5 Å². The summed E-state index contributed by atoms with van der Waals surface area (Å²) in [7, 11) is 0. The lowest BCUT2D eigenvalue weighted by Crippen LogP contribution is -2.20. The lowest BCUT2D eigenvalue weighted by atomic mass is 10.2. The van der Waals surface area contributed by atoms with E-state index < -0.39 is 0 Å². The molecular formula is C32H22ClIN4O4. The van der Waals surface area contributed by atoms with Crippen molar-refractivity contribution in [1.82, 2.24) is 9.66 Å². The fraction of sp³-hybridized carbons (Fsp3) is 0.0625. The van der Waals surface area contributed by atoms with Crippen molar-refractivity contribution in [1.29, 1.82) is 0 Å². The van der Waals surface area contributed by atoms with E-state index in [-0.39, 0.29) is 23.9 Å². The molecule has 42 heavy (non-hydrogen) atoms. The van der Waals surface area contributed by atoms with Crippen LogP contribution in [0, 0.1) is 10.5 Å². The number of anilines is 1. The van der Waals surface area contributed by atoms with Crippen molar-refractivity contribution in [3.63, 3.8) is 0 Å². The molecule has 0 fully saturated rings. The van der Waals surface area contributed by atoms with Gasteiger partial charge in [-0.1, -0.05) is 41.4 Å². The number of hydrogen-bond acceptors (Lipinski definition) is 6. The molecule has 2 heterocycles. The van der Waals surface area contributed by atoms with E-state index in [0.717, 1.165) is 20.1 Å². The van der Waals surface area contributed by atoms with Gasteiger partial charge in [0, 0.05) is 16.1 Å². The molecule has 0 atom stereocenters. The number of aryl methyl sites for hydroxylation is 1. The summed E-state index contributed by atoms with van der Waals surface area (Å²) in [6.07, 6.45) is 1.57. The van der Waals surface area contributed by atoms with Crippen molar-refractivity contribution in [3.05, 3.63) is 121 Å². The summed E-state index contributed by atoms with van der Waals surface area (Å²) >= 11 is 8.29. The minimum Gasteiger partial charge on any atom is -0.483 e. The number of amides is 1. The van der Waals surface area contributed by atoms with E-state index in [1.54, 1.807) is 60.8 Å². The molecular weight excluding hydrogens is 667 g/mol. The van der Waals surface area contributed by atoms with Crippen LogP contribution in [-0.4, -0.2) is 28.4 Å². The van der Waals surface area contributed by atoms with Crippen molar-refractivity contribution in [2.45, 2.75) is 6.92 Å². The third-order valence-electron chi connectivity index (χ3n) is 6.42. The zero-order valence-corrected chi connectivity index (χ0v) is 25.1. The van der Waals surface area contributed by atoms with Crippen LogP contribution in [0.3, 0.4) is 0 Å². The SMILES string of the molecule is Cc1ccc(NC(=O)COc2ccc(C=Nn3c(-c4cc5cc(Cl)ccc5o4)nc4ccccc4c3=O)cc2I)cc1. The van der Waals surface area contributed by atoms with Gasteiger partial charge in [-0.3, -0.25) is 9.59 Å². The number of nitrogens with zero attached hydrogens (tertiary/aromatic N) is 3. The number of para-hydroxylation sites is 1. The molecule has 0 bridgehead atoms. The van der Waals surface area contributed by atoms with Crippen LogP contribution >= 0.6 is 34.2 Å². The summed E-state index contributed by atoms with van der Waals surface area (Å²) in [5, 5.41) is 9.12. The van der Waals surface area contributed by atoms with E-state index in [1.807, 2.05) is 43.3 Å². The predicted octanol–water partition coefficient (Wildman–Crippen LogP) is 7.28. The number of hydrogen-bond donors (Lipinski definition) is 1. The fourth-order valence-corrected chi connectivity index (χ4v) is 5.21. The summed E-state index contributed by atoms with van der Waals surface area (Å²) in [5.41, 5.74) is 3.35. The van der Waals surface area contributed by atoms with E-state index in [0.29, 0.717) is 38.7 Å². The van der Waals surface area contributed by atoms with Gasteiger partial charge in [-0.2, -0.15) is 9.78 Å². The Morgan fingerprint density at radius 2 is 1.88 bits per heavy atom. The first-order chi connectivity index (χ1) is 20.3. The minimum absolute atomic E-state index is 0.137. The molecule has 0 spiro atoms. The lowest BCUT2D eigenvalue weighted by molar-refractivity contribution is -0.118. The number of halogens is 2. The number of nitrogens with one attached hydrogen (secondary N) is 1. The largest absolute Gasteiger partial charge is 0.483 e. The second-order valence-corrected chi connectivity index (χ2v) is 11.1. The number of rotatable bonds is 7. The quantitative estimate of drug-likeness (QED) is 0.141. The van der Waals surface area contributed by atoms with Crippen LogP contribution in [0.4, 0.5) is 5.69 Å². The number of benzene rings is 4. The first-order valence-electron chi connectivity index (χ1n) is 12.9. The number of carbonyl (C=O) groups is 1. The van der Waals surface area contributed by atoms with Crippen LogP contribution in [0.2, 0.25) is 5.02 Å². The Morgan fingerprint density at radius 3 is 2.69 bits per heavy atom. The molecule has 2 aromatic heterocycles. The lowest BCUT2D eigenvalue weighted by Gasteiger charge is -2.10. The predicted molar refractivity (Wildman–Crippen MR) is 174 cm³/mol. The molecule has 4 aromatic carbocycles. The summed E-state index contributed by atoms with van der Waals surface area (Å²) < 4.78 is 13.8. The fourth-order valence-electron chi connectivity index (χ4n) is 4.33. The van der Waals surface area contributed by atoms with Crippen LogP contribution in [-0.2, 0) is 4.79 Å². The maximum atomic E-state index is 13.5. The van der Waals surface area contributed by atoms with Gasteiger partial charge in [0.15, 0.2) is 12.4 Å². The molecule has 6 aromatic rings. The van der Waals surface area contributed by atoms with Gasteiger partial charge in [0.2, 0.25) is 5.82 Å². The normalized spacial score (nSPS) is 11.4. The molecule has 0 aliphatic rings. The zero-order valence-electron chi connectivity index (χ0n) is 22.2. The molecule has 0 saturated heterocycles. The Hall–Kier alpha value is -4.48. The molecule has 1 N–H and O–H groups in total. The first kappa shape index (κ1) is 27.7. The van der Waals surface area contributed by atoms with Crippen LogP contribution in [0.15, 0.2) is 105 Å². The number of furan rings is 1. The number of ether oxygens (including phenoxy) is 1. The van der Waals surface area contributed by atoms with Crippen molar-refractivity contribution < 1.29 is 13.9 Å². The third kappa shape index (κ3) is 5.93. The van der Waals surface area contributed by atoms with Crippen LogP contribution in [0.5, 0.6) is 5.75 Å². The second-order valence-electron chi connectivity index (χ2n) is 9.50. The van der Waals surface area contributed by atoms with Gasteiger partial charge in [-0.25, -0.2) is 4.98 Å². The molecule has 0 saturated carbocycles. The van der Waals surface area contributed by atoms with E-state index in [2.05, 4.69) is 33.0 Å². The second kappa shape index (κ2) is 11.8. The van der Waals surface area contributed by atoms with E-state index in [9.17, 15) is 9.59 Å². The molecule has 0 radical (unpaired) electrons. The molecule has 8 nitrogen and oxygen atoms in total. The molecule has 0 aliphatic carbocycles. The Morgan fingerprint density at radius 1 is 1.07 bits per heavy atom. The summed E-state index contributed by atoms with van der Waals surface area (Å²) in [5.74, 6) is 0.938. The monoisotopic (exact) mass is 688 g/mol. The topological polar surface area (TPSA) is 98.7 Å². The van der Waals surface area contributed by atoms with Crippen molar-refractivity contribution in [2.75, 3.05) is 11.9 Å². The Labute approximate surface area is 258 Å². The van der Waals surface area contributed by atoms with Crippen LogP contribution < -0.4 is 15.6 Å². The Kier molecular flexibility index (Phi) is 7.77. The Bertz CT molecular complexity index is 2050. The number of fused-ring (bicyclic) bond motifs is 2. The average Bonchev–Trinajstić information content (AvgIpc) is 3.40. The number of aromatic nitrogens is 2. The van der Waals surface area contributed by atoms with Crippen molar-refractivity contribution >= 4 is 73.9 Å². The summed E-state index contributed by atoms with van der Waals surface area (Å²) in [6.45, 7) is 1.85. The van der Waals surface area contributed by atoms with Gasteiger partial charge in [-0.15, -0.1) is 0 Å². The van der Waals surface area contributed by atoms with Gasteiger partial charge in [0.05, 0.1) is 20.7 Å². The summed E-state index contributed by atoms with van der Waals surface area (Å²) in [4.78, 5) is 30.6. The van der Waals surface area contributed by atoms with Crippen molar-refractivity contribution in [3.8, 4) is 17.3 Å². The maximum Gasteiger partial charge on any atom is 0.282 e. The first-order valence-corrected chi connectivity index (χ1v) is 14.3. The van der Waals surface area contributed by atoms with E-state index in [1.165, 1.54) is 4.68 Å². The van der Waals surface area contributed by atoms with Crippen molar-refractivity contribution in [2.24, 2.45) is 5.10 Å². The highest BCUT2D eigenvalue weighted by Gasteiger charge is 2.17. The van der Waals surface area contributed by atoms with E-state index >= 15 is 0 Å². The van der Waals surface area contributed by atoms with Gasteiger partial charge in [-0.05, 0) is 102 Å². The number of carbonyl (C=O) groups excluding carboxylic acids is 1. The van der Waals surface area contributed by atoms with Gasteiger partial charge >= 0.3 is 0 Å². The van der Waals surface area contributed by atoms with Crippen LogP contribution in [0.1, 0.15) is 11.1 Å². The molecule has 10 heteroatoms.